The van der Waals surface area contributed by atoms with Gasteiger partial charge in [-0.1, -0.05) is 13.0 Å². The minimum atomic E-state index is -0.0691. The highest BCUT2D eigenvalue weighted by molar-refractivity contribution is 5.95. The number of methoxy groups -OCH3 is 1. The quantitative estimate of drug-likeness (QED) is 0.875. The number of benzene rings is 1. The van der Waals surface area contributed by atoms with Gasteiger partial charge in [0.2, 0.25) is 0 Å². The summed E-state index contributed by atoms with van der Waals surface area (Å²) in [5.41, 5.74) is 2.71. The Morgan fingerprint density at radius 1 is 1.48 bits per heavy atom. The molecule has 1 aliphatic heterocycles. The summed E-state index contributed by atoms with van der Waals surface area (Å²) in [5.74, 6) is 1.86. The molecule has 0 fully saturated rings. The Labute approximate surface area is 148 Å². The molecule has 0 bridgehead atoms. The van der Waals surface area contributed by atoms with Crippen LogP contribution in [-0.2, 0) is 13.0 Å². The van der Waals surface area contributed by atoms with Gasteiger partial charge < -0.3 is 14.8 Å². The van der Waals surface area contributed by atoms with Crippen LogP contribution in [0.15, 0.2) is 24.4 Å². The van der Waals surface area contributed by atoms with Crippen molar-refractivity contribution in [2.24, 2.45) is 5.92 Å². The largest absolute Gasteiger partial charge is 0.497 e. The first-order chi connectivity index (χ1) is 12.1. The number of rotatable bonds is 6. The van der Waals surface area contributed by atoms with Gasteiger partial charge in [0, 0.05) is 30.8 Å². The van der Waals surface area contributed by atoms with Gasteiger partial charge in [-0.2, -0.15) is 5.10 Å². The second-order valence-corrected chi connectivity index (χ2v) is 6.43. The van der Waals surface area contributed by atoms with Gasteiger partial charge in [-0.15, -0.1) is 0 Å². The van der Waals surface area contributed by atoms with Crippen molar-refractivity contribution in [1.82, 2.24) is 15.1 Å². The Morgan fingerprint density at radius 3 is 3.08 bits per heavy atom. The molecule has 1 amide bonds. The van der Waals surface area contributed by atoms with Gasteiger partial charge in [0.15, 0.2) is 0 Å². The van der Waals surface area contributed by atoms with Crippen molar-refractivity contribution in [2.75, 3.05) is 20.3 Å². The normalized spacial score (nSPS) is 16.0. The molecule has 0 saturated carbocycles. The molecule has 1 aromatic heterocycles. The SMILES string of the molecule is CCCn1ncc(C(=O)NC[C@@H]2COc3cc(OC)ccc3C2)c1C. The van der Waals surface area contributed by atoms with E-state index in [-0.39, 0.29) is 11.8 Å². The molecule has 1 aliphatic rings. The number of fused-ring (bicyclic) bond motifs is 1. The van der Waals surface area contributed by atoms with Crippen LogP contribution in [0.2, 0.25) is 0 Å². The molecule has 3 rings (SSSR count). The van der Waals surface area contributed by atoms with Crippen molar-refractivity contribution >= 4 is 5.91 Å². The van der Waals surface area contributed by atoms with Crippen LogP contribution in [-0.4, -0.2) is 35.9 Å². The van der Waals surface area contributed by atoms with E-state index >= 15 is 0 Å². The Morgan fingerprint density at radius 2 is 2.32 bits per heavy atom. The van der Waals surface area contributed by atoms with Crippen molar-refractivity contribution in [2.45, 2.75) is 33.2 Å². The Kier molecular flexibility index (Phi) is 5.26. The third kappa shape index (κ3) is 3.78. The molecule has 2 heterocycles. The van der Waals surface area contributed by atoms with Crippen molar-refractivity contribution in [3.63, 3.8) is 0 Å². The van der Waals surface area contributed by atoms with Crippen LogP contribution < -0.4 is 14.8 Å². The lowest BCUT2D eigenvalue weighted by molar-refractivity contribution is 0.0938. The Hall–Kier alpha value is -2.50. The number of amides is 1. The highest BCUT2D eigenvalue weighted by Gasteiger charge is 2.22. The molecule has 2 aromatic rings. The highest BCUT2D eigenvalue weighted by Crippen LogP contribution is 2.30. The van der Waals surface area contributed by atoms with Gasteiger partial charge in [-0.05, 0) is 31.4 Å². The molecule has 25 heavy (non-hydrogen) atoms. The van der Waals surface area contributed by atoms with E-state index in [2.05, 4.69) is 17.3 Å². The third-order valence-electron chi connectivity index (χ3n) is 4.59. The maximum absolute atomic E-state index is 12.4. The number of aryl methyl sites for hydroxylation is 1. The Balaban J connectivity index is 1.58. The summed E-state index contributed by atoms with van der Waals surface area (Å²) in [6, 6.07) is 5.88. The Bertz CT molecular complexity index is 754. The first kappa shape index (κ1) is 17.3. The van der Waals surface area contributed by atoms with Gasteiger partial charge in [0.25, 0.3) is 5.91 Å². The molecule has 1 atom stereocenters. The smallest absolute Gasteiger partial charge is 0.254 e. The highest BCUT2D eigenvalue weighted by atomic mass is 16.5. The van der Waals surface area contributed by atoms with Crippen LogP contribution in [0, 0.1) is 12.8 Å². The van der Waals surface area contributed by atoms with Gasteiger partial charge in [0.1, 0.15) is 11.5 Å². The number of ether oxygens (including phenoxy) is 2. The van der Waals surface area contributed by atoms with Gasteiger partial charge in [-0.25, -0.2) is 0 Å². The van der Waals surface area contributed by atoms with Gasteiger partial charge in [-0.3, -0.25) is 9.48 Å². The predicted molar refractivity (Wildman–Crippen MR) is 95.3 cm³/mol. The third-order valence-corrected chi connectivity index (χ3v) is 4.59. The van der Waals surface area contributed by atoms with Crippen molar-refractivity contribution in [3.8, 4) is 11.5 Å². The van der Waals surface area contributed by atoms with Gasteiger partial charge in [0.05, 0.1) is 25.5 Å². The lowest BCUT2D eigenvalue weighted by Crippen LogP contribution is -2.35. The van der Waals surface area contributed by atoms with E-state index in [4.69, 9.17) is 9.47 Å². The number of aromatic nitrogens is 2. The zero-order valence-corrected chi connectivity index (χ0v) is 15.0. The molecule has 6 heteroatoms. The lowest BCUT2D eigenvalue weighted by atomic mass is 9.96. The molecule has 134 valence electrons. The average molecular weight is 343 g/mol. The van der Waals surface area contributed by atoms with Crippen LogP contribution in [0.5, 0.6) is 11.5 Å². The molecule has 0 spiro atoms. The number of carbonyl (C=O) groups excluding carboxylic acids is 1. The summed E-state index contributed by atoms with van der Waals surface area (Å²) in [7, 11) is 1.65. The van der Waals surface area contributed by atoms with Crippen molar-refractivity contribution in [1.29, 1.82) is 0 Å². The molecule has 0 saturated heterocycles. The molecule has 0 aliphatic carbocycles. The van der Waals surface area contributed by atoms with Crippen LogP contribution in [0.25, 0.3) is 0 Å². The first-order valence-electron chi connectivity index (χ1n) is 8.72. The van der Waals surface area contributed by atoms with Gasteiger partial charge >= 0.3 is 0 Å². The first-order valence-corrected chi connectivity index (χ1v) is 8.72. The summed E-state index contributed by atoms with van der Waals surface area (Å²) in [4.78, 5) is 12.4. The minimum Gasteiger partial charge on any atom is -0.497 e. The average Bonchev–Trinajstić information content (AvgIpc) is 3.00. The predicted octanol–water partition coefficient (Wildman–Crippen LogP) is 2.59. The topological polar surface area (TPSA) is 65.4 Å². The van der Waals surface area contributed by atoms with E-state index in [1.54, 1.807) is 13.3 Å². The van der Waals surface area contributed by atoms with Crippen molar-refractivity contribution in [3.05, 3.63) is 41.2 Å². The maximum atomic E-state index is 12.4. The van der Waals surface area contributed by atoms with E-state index in [1.165, 1.54) is 0 Å². The van der Waals surface area contributed by atoms with Crippen LogP contribution in [0.4, 0.5) is 0 Å². The number of carbonyl (C=O) groups is 1. The summed E-state index contributed by atoms with van der Waals surface area (Å²) < 4.78 is 12.9. The van der Waals surface area contributed by atoms with Crippen LogP contribution >= 0.6 is 0 Å². The molecular weight excluding hydrogens is 318 g/mol. The second-order valence-electron chi connectivity index (χ2n) is 6.43. The number of nitrogens with one attached hydrogen (secondary N) is 1. The molecular formula is C19H25N3O3. The lowest BCUT2D eigenvalue weighted by Gasteiger charge is -2.25. The van der Waals surface area contributed by atoms with Crippen LogP contribution in [0.3, 0.4) is 0 Å². The van der Waals surface area contributed by atoms with E-state index in [0.717, 1.165) is 42.1 Å². The van der Waals surface area contributed by atoms with E-state index in [0.29, 0.717) is 18.7 Å². The fraction of sp³-hybridized carbons (Fsp3) is 0.474. The summed E-state index contributed by atoms with van der Waals surface area (Å²) in [6.07, 6.45) is 3.53. The fourth-order valence-corrected chi connectivity index (χ4v) is 3.11. The summed E-state index contributed by atoms with van der Waals surface area (Å²) >= 11 is 0. The summed E-state index contributed by atoms with van der Waals surface area (Å²) in [6.45, 7) is 6.04. The molecule has 0 unspecified atom stereocenters. The molecule has 0 radical (unpaired) electrons. The number of hydrogen-bond acceptors (Lipinski definition) is 4. The molecule has 1 N–H and O–H groups in total. The minimum absolute atomic E-state index is 0.0691. The van der Waals surface area contributed by atoms with Crippen molar-refractivity contribution < 1.29 is 14.3 Å². The maximum Gasteiger partial charge on any atom is 0.254 e. The summed E-state index contributed by atoms with van der Waals surface area (Å²) in [5, 5.41) is 7.31. The standard InChI is InChI=1S/C19H25N3O3/c1-4-7-22-13(2)17(11-21-22)19(23)20-10-14-8-15-5-6-16(24-3)9-18(15)25-12-14/h5-6,9,11,14H,4,7-8,10,12H2,1-3H3,(H,20,23)/t14-/m1/s1. The van der Waals surface area contributed by atoms with E-state index in [9.17, 15) is 4.79 Å². The number of nitrogens with zero attached hydrogens (tertiary/aromatic N) is 2. The van der Waals surface area contributed by atoms with E-state index in [1.807, 2.05) is 29.8 Å². The zero-order valence-electron chi connectivity index (χ0n) is 15.0. The fourth-order valence-electron chi connectivity index (χ4n) is 3.11. The zero-order chi connectivity index (χ0) is 17.8. The van der Waals surface area contributed by atoms with E-state index < -0.39 is 0 Å². The molecule has 6 nitrogen and oxygen atoms in total. The van der Waals surface area contributed by atoms with Crippen LogP contribution in [0.1, 0.15) is 35.0 Å². The monoisotopic (exact) mass is 343 g/mol. The second kappa shape index (κ2) is 7.59. The number of hydrogen-bond donors (Lipinski definition) is 1. The molecule has 1 aromatic carbocycles.